The fourth-order valence-electron chi connectivity index (χ4n) is 2.45. The summed E-state index contributed by atoms with van der Waals surface area (Å²) < 4.78 is 22.5. The molecule has 1 heterocycles. The Bertz CT molecular complexity index is 233. The maximum absolute atomic E-state index is 5.94. The molecule has 0 N–H and O–H groups in total. The molecule has 0 aromatic heterocycles. The molecule has 4 nitrogen and oxygen atoms in total. The van der Waals surface area contributed by atoms with E-state index < -0.39 is 9.53 Å². The summed E-state index contributed by atoms with van der Waals surface area (Å²) in [6.07, 6.45) is 4.81. The quantitative estimate of drug-likeness (QED) is 0.518. The Morgan fingerprint density at radius 1 is 1.18 bits per heavy atom. The van der Waals surface area contributed by atoms with Crippen LogP contribution in [-0.2, 0) is 18.0 Å². The van der Waals surface area contributed by atoms with Crippen LogP contribution in [0.1, 0.15) is 40.0 Å². The highest BCUT2D eigenvalue weighted by Gasteiger charge is 2.45. The zero-order valence-electron chi connectivity index (χ0n) is 11.0. The lowest BCUT2D eigenvalue weighted by Gasteiger charge is -2.27. The highest BCUT2D eigenvalue weighted by Crippen LogP contribution is 2.41. The first-order valence-electron chi connectivity index (χ1n) is 6.69. The normalized spacial score (nSPS) is 33.5. The highest BCUT2D eigenvalue weighted by atomic mass is 28.3. The number of fused-ring (bicyclic) bond motifs is 1. The van der Waals surface area contributed by atoms with Crippen molar-refractivity contribution in [2.75, 3.05) is 13.2 Å². The van der Waals surface area contributed by atoms with Gasteiger partial charge < -0.3 is 18.0 Å². The van der Waals surface area contributed by atoms with Crippen molar-refractivity contribution >= 4 is 9.53 Å². The minimum absolute atomic E-state index is 0.215. The lowest BCUT2D eigenvalue weighted by atomic mass is 9.86. The Labute approximate surface area is 106 Å². The summed E-state index contributed by atoms with van der Waals surface area (Å²) >= 11 is 0. The molecule has 4 atom stereocenters. The molecule has 5 heteroatoms. The van der Waals surface area contributed by atoms with Gasteiger partial charge in [-0.3, -0.25) is 0 Å². The van der Waals surface area contributed by atoms with E-state index in [9.17, 15) is 0 Å². The van der Waals surface area contributed by atoms with Crippen LogP contribution in [0.15, 0.2) is 0 Å². The number of rotatable bonds is 7. The van der Waals surface area contributed by atoms with Gasteiger partial charge >= 0.3 is 9.53 Å². The van der Waals surface area contributed by atoms with Crippen LogP contribution < -0.4 is 0 Å². The second-order valence-corrected chi connectivity index (χ2v) is 6.04. The van der Waals surface area contributed by atoms with Gasteiger partial charge in [0.15, 0.2) is 0 Å². The van der Waals surface area contributed by atoms with Crippen molar-refractivity contribution in [3.05, 3.63) is 0 Å². The smallest absolute Gasteiger partial charge is 0.371 e. The molecule has 0 aromatic carbocycles. The van der Waals surface area contributed by atoms with E-state index in [4.69, 9.17) is 18.0 Å². The number of ether oxygens (including phenoxy) is 1. The molecule has 0 aromatic rings. The monoisotopic (exact) mass is 259 g/mol. The molecule has 1 aliphatic carbocycles. The van der Waals surface area contributed by atoms with E-state index in [1.165, 1.54) is 12.8 Å². The molecule has 2 aliphatic rings. The summed E-state index contributed by atoms with van der Waals surface area (Å²) in [7, 11) is -1.54. The van der Waals surface area contributed by atoms with E-state index in [0.717, 1.165) is 6.42 Å². The third kappa shape index (κ3) is 3.76. The molecule has 0 spiro atoms. The maximum atomic E-state index is 5.94. The van der Waals surface area contributed by atoms with Crippen LogP contribution in [0, 0.1) is 5.92 Å². The van der Waals surface area contributed by atoms with Gasteiger partial charge in [-0.15, -0.1) is 0 Å². The predicted octanol–water partition coefficient (Wildman–Crippen LogP) is 2.02. The zero-order valence-corrected chi connectivity index (χ0v) is 12.0. The van der Waals surface area contributed by atoms with Crippen molar-refractivity contribution in [1.29, 1.82) is 0 Å². The third-order valence-electron chi connectivity index (χ3n) is 3.52. The van der Waals surface area contributed by atoms with Gasteiger partial charge in [0.2, 0.25) is 0 Å². The van der Waals surface area contributed by atoms with Crippen LogP contribution in [0.5, 0.6) is 0 Å². The zero-order chi connectivity index (χ0) is 12.3. The van der Waals surface area contributed by atoms with Crippen LogP contribution in [0.2, 0.25) is 0 Å². The van der Waals surface area contributed by atoms with Crippen molar-refractivity contribution in [3.63, 3.8) is 0 Å². The average molecular weight is 259 g/mol. The molecule has 99 valence electrons. The third-order valence-corrected chi connectivity index (χ3v) is 5.13. The fraction of sp³-hybridized carbons (Fsp3) is 1.00. The topological polar surface area (TPSA) is 40.2 Å². The van der Waals surface area contributed by atoms with E-state index in [2.05, 4.69) is 6.92 Å². The molecular weight excluding hydrogens is 236 g/mol. The molecule has 4 unspecified atom stereocenters. The van der Waals surface area contributed by atoms with Gasteiger partial charge in [0, 0.05) is 19.3 Å². The van der Waals surface area contributed by atoms with E-state index in [0.29, 0.717) is 31.3 Å². The summed E-state index contributed by atoms with van der Waals surface area (Å²) in [6, 6.07) is 0. The molecule has 1 aliphatic heterocycles. The van der Waals surface area contributed by atoms with Crippen LogP contribution >= 0.6 is 0 Å². The predicted molar refractivity (Wildman–Crippen MR) is 65.6 cm³/mol. The summed E-state index contributed by atoms with van der Waals surface area (Å²) in [5.41, 5.74) is 0. The van der Waals surface area contributed by atoms with Crippen LogP contribution in [0.25, 0.3) is 0 Å². The molecule has 1 radical (unpaired) electrons. The molecule has 0 amide bonds. The van der Waals surface area contributed by atoms with Gasteiger partial charge in [0.25, 0.3) is 0 Å². The SMILES string of the molecule is CCO[Si](OCC)OC(C)C1CCC2OC2C1. The first-order valence-corrected chi connectivity index (χ1v) is 7.91. The van der Waals surface area contributed by atoms with E-state index in [-0.39, 0.29) is 6.10 Å². The van der Waals surface area contributed by atoms with Crippen molar-refractivity contribution in [2.24, 2.45) is 5.92 Å². The Morgan fingerprint density at radius 3 is 2.47 bits per heavy atom. The molecule has 2 fully saturated rings. The van der Waals surface area contributed by atoms with Gasteiger partial charge in [0.1, 0.15) is 0 Å². The van der Waals surface area contributed by atoms with Crippen molar-refractivity contribution in [1.82, 2.24) is 0 Å². The molecule has 1 saturated carbocycles. The lowest BCUT2D eigenvalue weighted by molar-refractivity contribution is 0.0369. The molecule has 0 bridgehead atoms. The molecule has 1 saturated heterocycles. The van der Waals surface area contributed by atoms with E-state index in [1.54, 1.807) is 0 Å². The van der Waals surface area contributed by atoms with Crippen LogP contribution in [0.3, 0.4) is 0 Å². The number of hydrogen-bond acceptors (Lipinski definition) is 4. The first kappa shape index (κ1) is 13.5. The Morgan fingerprint density at radius 2 is 1.88 bits per heavy atom. The Hall–Kier alpha value is 0.0569. The van der Waals surface area contributed by atoms with E-state index in [1.807, 2.05) is 13.8 Å². The summed E-state index contributed by atoms with van der Waals surface area (Å²) in [5.74, 6) is 0.597. The largest absolute Gasteiger partial charge is 0.577 e. The van der Waals surface area contributed by atoms with Gasteiger partial charge in [-0.1, -0.05) is 0 Å². The number of epoxide rings is 1. The first-order chi connectivity index (χ1) is 8.24. The van der Waals surface area contributed by atoms with E-state index >= 15 is 0 Å². The highest BCUT2D eigenvalue weighted by molar-refractivity contribution is 6.36. The minimum atomic E-state index is -1.54. The molecule has 2 rings (SSSR count). The van der Waals surface area contributed by atoms with Crippen molar-refractivity contribution < 1.29 is 18.0 Å². The van der Waals surface area contributed by atoms with Crippen molar-refractivity contribution in [3.8, 4) is 0 Å². The Kier molecular flexibility index (Phi) is 4.99. The van der Waals surface area contributed by atoms with Crippen molar-refractivity contribution in [2.45, 2.75) is 58.3 Å². The van der Waals surface area contributed by atoms with Crippen LogP contribution in [0.4, 0.5) is 0 Å². The second kappa shape index (κ2) is 6.29. The average Bonchev–Trinajstić information content (AvgIpc) is 3.07. The fourth-order valence-corrected chi connectivity index (χ4v) is 3.64. The summed E-state index contributed by atoms with van der Waals surface area (Å²) in [4.78, 5) is 0. The van der Waals surface area contributed by atoms with Gasteiger partial charge in [-0.05, 0) is 46.0 Å². The standard InChI is InChI=1S/C12H23O4Si/c1-4-13-17(14-5-2)16-9(3)10-6-7-11-12(8-10)15-11/h9-12H,4-8H2,1-3H3. The summed E-state index contributed by atoms with van der Waals surface area (Å²) in [5, 5.41) is 0. The number of hydrogen-bond donors (Lipinski definition) is 0. The maximum Gasteiger partial charge on any atom is 0.577 e. The molecule has 17 heavy (non-hydrogen) atoms. The Balaban J connectivity index is 1.75. The van der Waals surface area contributed by atoms with Gasteiger partial charge in [-0.25, -0.2) is 0 Å². The molecular formula is C12H23O4Si. The van der Waals surface area contributed by atoms with Gasteiger partial charge in [0.05, 0.1) is 12.2 Å². The van der Waals surface area contributed by atoms with Crippen LogP contribution in [-0.4, -0.2) is 41.1 Å². The minimum Gasteiger partial charge on any atom is -0.371 e. The van der Waals surface area contributed by atoms with Gasteiger partial charge in [-0.2, -0.15) is 0 Å². The lowest BCUT2D eigenvalue weighted by Crippen LogP contribution is -2.36. The second-order valence-electron chi connectivity index (χ2n) is 4.73. The summed E-state index contributed by atoms with van der Waals surface area (Å²) in [6.45, 7) is 7.39.